The number of carbonyl (C=O) groups excluding carboxylic acids is 1. The van der Waals surface area contributed by atoms with Crippen LogP contribution in [0.2, 0.25) is 0 Å². The van der Waals surface area contributed by atoms with Gasteiger partial charge in [0.15, 0.2) is 0 Å². The fourth-order valence-electron chi connectivity index (χ4n) is 2.38. The van der Waals surface area contributed by atoms with E-state index >= 15 is 0 Å². The third-order valence-electron chi connectivity index (χ3n) is 3.72. The minimum absolute atomic E-state index is 0.160. The molecule has 1 heterocycles. The molecule has 0 atom stereocenters. The van der Waals surface area contributed by atoms with E-state index in [2.05, 4.69) is 10.4 Å². The molecular weight excluding hydrogens is 300 g/mol. The van der Waals surface area contributed by atoms with Crippen molar-refractivity contribution in [3.8, 4) is 0 Å². The number of hydrogen-bond donors (Lipinski definition) is 1. The summed E-state index contributed by atoms with van der Waals surface area (Å²) in [6.45, 7) is 0.644. The number of nitrogens with zero attached hydrogens (tertiary/aromatic N) is 3. The maximum absolute atomic E-state index is 12.3. The lowest BCUT2D eigenvalue weighted by Crippen LogP contribution is -2.12. The summed E-state index contributed by atoms with van der Waals surface area (Å²) in [6.07, 6.45) is 3.35. The van der Waals surface area contributed by atoms with Gasteiger partial charge in [-0.05, 0) is 29.8 Å². The Morgan fingerprint density at radius 2 is 1.79 bits per heavy atom. The molecule has 0 aliphatic carbocycles. The second-order valence-electron chi connectivity index (χ2n) is 5.81. The Bertz CT molecular complexity index is 807. The predicted octanol–water partition coefficient (Wildman–Crippen LogP) is 3.25. The van der Waals surface area contributed by atoms with E-state index in [0.29, 0.717) is 12.1 Å². The maximum atomic E-state index is 12.3. The number of aromatic nitrogens is 2. The van der Waals surface area contributed by atoms with Gasteiger partial charge in [-0.25, -0.2) is 0 Å². The van der Waals surface area contributed by atoms with Gasteiger partial charge in [0.25, 0.3) is 5.91 Å². The Morgan fingerprint density at radius 1 is 1.08 bits per heavy atom. The molecule has 0 aliphatic rings. The van der Waals surface area contributed by atoms with E-state index in [1.165, 1.54) is 0 Å². The standard InChI is InChI=1S/C19H20N4O/c1-22(2)18-10-8-17(9-11-18)21-19(24)16-12-20-23(14-16)13-15-6-4-3-5-7-15/h3-12,14H,13H2,1-2H3,(H,21,24). The number of nitrogens with one attached hydrogen (secondary N) is 1. The van der Waals surface area contributed by atoms with Gasteiger partial charge in [-0.1, -0.05) is 30.3 Å². The molecule has 0 bridgehead atoms. The Labute approximate surface area is 141 Å². The lowest BCUT2D eigenvalue weighted by Gasteiger charge is -2.12. The number of amides is 1. The third kappa shape index (κ3) is 3.81. The van der Waals surface area contributed by atoms with Crippen LogP contribution in [-0.2, 0) is 6.54 Å². The zero-order valence-corrected chi connectivity index (χ0v) is 13.8. The highest BCUT2D eigenvalue weighted by Crippen LogP contribution is 2.16. The van der Waals surface area contributed by atoms with E-state index in [0.717, 1.165) is 16.9 Å². The first-order valence-corrected chi connectivity index (χ1v) is 7.77. The monoisotopic (exact) mass is 320 g/mol. The van der Waals surface area contributed by atoms with Crippen molar-refractivity contribution < 1.29 is 4.79 Å². The molecule has 1 amide bonds. The molecule has 0 fully saturated rings. The van der Waals surface area contributed by atoms with E-state index in [1.807, 2.05) is 73.6 Å². The van der Waals surface area contributed by atoms with Crippen molar-refractivity contribution in [1.29, 1.82) is 0 Å². The van der Waals surface area contributed by atoms with E-state index in [4.69, 9.17) is 0 Å². The maximum Gasteiger partial charge on any atom is 0.258 e. The summed E-state index contributed by atoms with van der Waals surface area (Å²) in [4.78, 5) is 14.3. The summed E-state index contributed by atoms with van der Waals surface area (Å²) in [5.74, 6) is -0.160. The second kappa shape index (κ2) is 7.00. The molecule has 1 aromatic heterocycles. The topological polar surface area (TPSA) is 50.2 Å². The van der Waals surface area contributed by atoms with Crippen LogP contribution < -0.4 is 10.2 Å². The van der Waals surface area contributed by atoms with Crippen LogP contribution in [0.4, 0.5) is 11.4 Å². The van der Waals surface area contributed by atoms with Gasteiger partial charge < -0.3 is 10.2 Å². The zero-order valence-electron chi connectivity index (χ0n) is 13.8. The molecule has 0 saturated heterocycles. The van der Waals surface area contributed by atoms with Gasteiger partial charge in [0.2, 0.25) is 0 Å². The van der Waals surface area contributed by atoms with Crippen molar-refractivity contribution in [2.24, 2.45) is 0 Å². The van der Waals surface area contributed by atoms with Crippen LogP contribution in [0.3, 0.4) is 0 Å². The molecule has 0 saturated carbocycles. The van der Waals surface area contributed by atoms with Crippen molar-refractivity contribution >= 4 is 17.3 Å². The molecule has 122 valence electrons. The average molecular weight is 320 g/mol. The SMILES string of the molecule is CN(C)c1ccc(NC(=O)c2cnn(Cc3ccccc3)c2)cc1. The van der Waals surface area contributed by atoms with Crippen molar-refractivity contribution in [2.75, 3.05) is 24.3 Å². The largest absolute Gasteiger partial charge is 0.378 e. The summed E-state index contributed by atoms with van der Waals surface area (Å²) in [5, 5.41) is 7.15. The average Bonchev–Trinajstić information content (AvgIpc) is 3.05. The predicted molar refractivity (Wildman–Crippen MR) is 96.5 cm³/mol. The van der Waals surface area contributed by atoms with E-state index in [-0.39, 0.29) is 5.91 Å². The van der Waals surface area contributed by atoms with E-state index in [1.54, 1.807) is 17.1 Å². The van der Waals surface area contributed by atoms with Crippen LogP contribution in [0.25, 0.3) is 0 Å². The molecule has 0 aliphatic heterocycles. The van der Waals surface area contributed by atoms with Gasteiger partial charge in [-0.2, -0.15) is 5.10 Å². The quantitative estimate of drug-likeness (QED) is 0.785. The molecule has 2 aromatic carbocycles. The fraction of sp³-hybridized carbons (Fsp3) is 0.158. The first-order chi connectivity index (χ1) is 11.6. The number of carbonyl (C=O) groups is 1. The summed E-state index contributed by atoms with van der Waals surface area (Å²) in [6, 6.07) is 17.7. The summed E-state index contributed by atoms with van der Waals surface area (Å²) >= 11 is 0. The minimum atomic E-state index is -0.160. The van der Waals surface area contributed by atoms with Crippen LogP contribution in [0.15, 0.2) is 67.0 Å². The van der Waals surface area contributed by atoms with Gasteiger partial charge in [-0.15, -0.1) is 0 Å². The Morgan fingerprint density at radius 3 is 2.46 bits per heavy atom. The first kappa shape index (κ1) is 15.8. The van der Waals surface area contributed by atoms with Crippen LogP contribution in [-0.4, -0.2) is 29.8 Å². The highest BCUT2D eigenvalue weighted by atomic mass is 16.1. The number of anilines is 2. The number of benzene rings is 2. The van der Waals surface area contributed by atoms with Gasteiger partial charge in [0, 0.05) is 31.7 Å². The first-order valence-electron chi connectivity index (χ1n) is 7.77. The lowest BCUT2D eigenvalue weighted by molar-refractivity contribution is 0.102. The van der Waals surface area contributed by atoms with Gasteiger partial charge >= 0.3 is 0 Å². The molecule has 0 unspecified atom stereocenters. The van der Waals surface area contributed by atoms with Crippen molar-refractivity contribution in [1.82, 2.24) is 9.78 Å². The van der Waals surface area contributed by atoms with Crippen LogP contribution in [0.5, 0.6) is 0 Å². The highest BCUT2D eigenvalue weighted by Gasteiger charge is 2.09. The minimum Gasteiger partial charge on any atom is -0.378 e. The van der Waals surface area contributed by atoms with Gasteiger partial charge in [-0.3, -0.25) is 9.48 Å². The molecule has 3 rings (SSSR count). The van der Waals surface area contributed by atoms with Crippen LogP contribution in [0.1, 0.15) is 15.9 Å². The fourth-order valence-corrected chi connectivity index (χ4v) is 2.38. The molecule has 5 heteroatoms. The van der Waals surface area contributed by atoms with Crippen molar-refractivity contribution in [3.05, 3.63) is 78.1 Å². The Hall–Kier alpha value is -3.08. The summed E-state index contributed by atoms with van der Waals surface area (Å²) < 4.78 is 1.76. The van der Waals surface area contributed by atoms with Gasteiger partial charge in [0.1, 0.15) is 0 Å². The summed E-state index contributed by atoms with van der Waals surface area (Å²) in [5.41, 5.74) is 3.54. The molecule has 0 spiro atoms. The van der Waals surface area contributed by atoms with Crippen LogP contribution >= 0.6 is 0 Å². The molecule has 0 radical (unpaired) electrons. The molecular formula is C19H20N4O. The van der Waals surface area contributed by atoms with Crippen LogP contribution in [0, 0.1) is 0 Å². The highest BCUT2D eigenvalue weighted by molar-refractivity contribution is 6.04. The zero-order chi connectivity index (χ0) is 16.9. The molecule has 5 nitrogen and oxygen atoms in total. The molecule has 24 heavy (non-hydrogen) atoms. The van der Waals surface area contributed by atoms with E-state index < -0.39 is 0 Å². The van der Waals surface area contributed by atoms with Crippen molar-refractivity contribution in [3.63, 3.8) is 0 Å². The number of rotatable bonds is 5. The van der Waals surface area contributed by atoms with E-state index in [9.17, 15) is 4.79 Å². The lowest BCUT2D eigenvalue weighted by atomic mass is 10.2. The molecule has 1 N–H and O–H groups in total. The van der Waals surface area contributed by atoms with Crippen molar-refractivity contribution in [2.45, 2.75) is 6.54 Å². The third-order valence-corrected chi connectivity index (χ3v) is 3.72. The van der Waals surface area contributed by atoms with Gasteiger partial charge in [0.05, 0.1) is 18.3 Å². The Kier molecular flexibility index (Phi) is 4.61. The number of hydrogen-bond acceptors (Lipinski definition) is 3. The molecule has 3 aromatic rings. The summed E-state index contributed by atoms with van der Waals surface area (Å²) in [7, 11) is 3.96. The Balaban J connectivity index is 1.65. The second-order valence-corrected chi connectivity index (χ2v) is 5.81. The normalized spacial score (nSPS) is 10.4. The smallest absolute Gasteiger partial charge is 0.258 e.